The summed E-state index contributed by atoms with van der Waals surface area (Å²) in [6.07, 6.45) is 9.40. The van der Waals surface area contributed by atoms with Crippen LogP contribution in [0.3, 0.4) is 0 Å². The Hall–Kier alpha value is -1.02. The molecule has 0 atom stereocenters. The van der Waals surface area contributed by atoms with Crippen LogP contribution < -0.4 is 10.1 Å². The van der Waals surface area contributed by atoms with Gasteiger partial charge in [0.15, 0.2) is 0 Å². The Morgan fingerprint density at radius 1 is 0.950 bits per heavy atom. The maximum absolute atomic E-state index is 6.21. The van der Waals surface area contributed by atoms with Crippen molar-refractivity contribution in [2.24, 2.45) is 5.92 Å². The first kappa shape index (κ1) is 13.9. The molecule has 0 aromatic heterocycles. The van der Waals surface area contributed by atoms with Crippen LogP contribution in [0.5, 0.6) is 5.75 Å². The minimum Gasteiger partial charge on any atom is -0.493 e. The molecule has 2 fully saturated rings. The minimum absolute atomic E-state index is 0.679. The fourth-order valence-electron chi connectivity index (χ4n) is 3.64. The van der Waals surface area contributed by atoms with Crippen molar-refractivity contribution in [3.05, 3.63) is 29.8 Å². The van der Waals surface area contributed by atoms with Gasteiger partial charge in [-0.05, 0) is 62.2 Å². The minimum atomic E-state index is 0.679. The summed E-state index contributed by atoms with van der Waals surface area (Å²) in [5.74, 6) is 2.61. The van der Waals surface area contributed by atoms with E-state index < -0.39 is 0 Å². The van der Waals surface area contributed by atoms with Crippen molar-refractivity contribution in [2.45, 2.75) is 50.9 Å². The van der Waals surface area contributed by atoms with E-state index in [9.17, 15) is 0 Å². The highest BCUT2D eigenvalue weighted by atomic mass is 16.5. The van der Waals surface area contributed by atoms with Gasteiger partial charge in [0.1, 0.15) is 5.75 Å². The van der Waals surface area contributed by atoms with Crippen LogP contribution >= 0.6 is 0 Å². The monoisotopic (exact) mass is 273 g/mol. The Kier molecular flexibility index (Phi) is 4.96. The van der Waals surface area contributed by atoms with Gasteiger partial charge in [-0.25, -0.2) is 0 Å². The molecule has 0 radical (unpaired) electrons. The SMILES string of the molecule is c1ccc(C2CCNCC2)c(OCC2CCCCC2)c1. The van der Waals surface area contributed by atoms with Gasteiger partial charge in [-0.3, -0.25) is 0 Å². The van der Waals surface area contributed by atoms with E-state index in [1.54, 1.807) is 0 Å². The third-order valence-electron chi connectivity index (χ3n) is 4.90. The first-order chi connectivity index (χ1) is 9.93. The number of hydrogen-bond donors (Lipinski definition) is 1. The molecule has 1 aromatic rings. The second-order valence-corrected chi connectivity index (χ2v) is 6.38. The van der Waals surface area contributed by atoms with Crippen LogP contribution in [0.2, 0.25) is 0 Å². The lowest BCUT2D eigenvalue weighted by molar-refractivity contribution is 0.206. The number of nitrogens with one attached hydrogen (secondary N) is 1. The molecule has 1 saturated carbocycles. The Bertz CT molecular complexity index is 406. The molecule has 20 heavy (non-hydrogen) atoms. The smallest absolute Gasteiger partial charge is 0.122 e. The molecule has 1 heterocycles. The molecular formula is C18H27NO. The normalized spacial score (nSPS) is 21.8. The highest BCUT2D eigenvalue weighted by Crippen LogP contribution is 2.33. The zero-order chi connectivity index (χ0) is 13.6. The lowest BCUT2D eigenvalue weighted by Crippen LogP contribution is -2.27. The predicted octanol–water partition coefficient (Wildman–Crippen LogP) is 4.11. The van der Waals surface area contributed by atoms with Gasteiger partial charge in [-0.2, -0.15) is 0 Å². The maximum Gasteiger partial charge on any atom is 0.122 e. The molecule has 1 aliphatic heterocycles. The molecule has 1 aromatic carbocycles. The Morgan fingerprint density at radius 2 is 1.70 bits per heavy atom. The molecule has 1 aliphatic carbocycles. The Balaban J connectivity index is 1.62. The third-order valence-corrected chi connectivity index (χ3v) is 4.90. The van der Waals surface area contributed by atoms with E-state index in [0.717, 1.165) is 31.4 Å². The maximum atomic E-state index is 6.21. The van der Waals surface area contributed by atoms with Crippen molar-refractivity contribution in [1.29, 1.82) is 0 Å². The van der Waals surface area contributed by atoms with E-state index >= 15 is 0 Å². The van der Waals surface area contributed by atoms with Gasteiger partial charge >= 0.3 is 0 Å². The molecule has 1 saturated heterocycles. The molecule has 1 N–H and O–H groups in total. The molecule has 2 aliphatic rings. The van der Waals surface area contributed by atoms with Gasteiger partial charge in [0, 0.05) is 0 Å². The van der Waals surface area contributed by atoms with Crippen LogP contribution in [-0.2, 0) is 0 Å². The molecule has 2 heteroatoms. The standard InChI is InChI=1S/C18H27NO/c1-2-6-15(7-3-1)14-20-18-9-5-4-8-17(18)16-10-12-19-13-11-16/h4-5,8-9,15-16,19H,1-3,6-7,10-14H2. The van der Waals surface area contributed by atoms with E-state index in [0.29, 0.717) is 5.92 Å². The number of hydrogen-bond acceptors (Lipinski definition) is 2. The second kappa shape index (κ2) is 7.12. The van der Waals surface area contributed by atoms with Gasteiger partial charge in [0.05, 0.1) is 6.61 Å². The number of benzene rings is 1. The molecule has 0 amide bonds. The highest BCUT2D eigenvalue weighted by Gasteiger charge is 2.20. The third kappa shape index (κ3) is 3.54. The van der Waals surface area contributed by atoms with E-state index in [1.807, 2.05) is 0 Å². The van der Waals surface area contributed by atoms with Crippen LogP contribution in [0, 0.1) is 5.92 Å². The highest BCUT2D eigenvalue weighted by molar-refractivity contribution is 5.36. The van der Waals surface area contributed by atoms with Gasteiger partial charge in [0.25, 0.3) is 0 Å². The summed E-state index contributed by atoms with van der Waals surface area (Å²) in [5.41, 5.74) is 1.44. The molecule has 2 nitrogen and oxygen atoms in total. The predicted molar refractivity (Wildman–Crippen MR) is 83.4 cm³/mol. The molecule has 0 unspecified atom stereocenters. The zero-order valence-electron chi connectivity index (χ0n) is 12.4. The molecular weight excluding hydrogens is 246 g/mol. The number of piperidine rings is 1. The second-order valence-electron chi connectivity index (χ2n) is 6.38. The largest absolute Gasteiger partial charge is 0.493 e. The van der Waals surface area contributed by atoms with E-state index in [-0.39, 0.29) is 0 Å². The summed E-state index contributed by atoms with van der Waals surface area (Å²) >= 11 is 0. The first-order valence-electron chi connectivity index (χ1n) is 8.36. The summed E-state index contributed by atoms with van der Waals surface area (Å²) in [4.78, 5) is 0. The average Bonchev–Trinajstić information content (AvgIpc) is 2.55. The number of rotatable bonds is 4. The van der Waals surface area contributed by atoms with Gasteiger partial charge in [-0.1, -0.05) is 37.5 Å². The molecule has 3 rings (SSSR count). The summed E-state index contributed by atoms with van der Waals surface area (Å²) in [6.45, 7) is 3.20. The van der Waals surface area contributed by atoms with Crippen LogP contribution in [0.25, 0.3) is 0 Å². The first-order valence-corrected chi connectivity index (χ1v) is 8.36. The summed E-state index contributed by atoms with van der Waals surface area (Å²) in [5, 5.41) is 3.45. The quantitative estimate of drug-likeness (QED) is 0.891. The molecule has 0 bridgehead atoms. The molecule has 110 valence electrons. The van der Waals surface area contributed by atoms with E-state index in [2.05, 4.69) is 29.6 Å². The summed E-state index contributed by atoms with van der Waals surface area (Å²) in [6, 6.07) is 8.71. The topological polar surface area (TPSA) is 21.3 Å². The summed E-state index contributed by atoms with van der Waals surface area (Å²) < 4.78 is 6.21. The van der Waals surface area contributed by atoms with Crippen molar-refractivity contribution in [3.63, 3.8) is 0 Å². The summed E-state index contributed by atoms with van der Waals surface area (Å²) in [7, 11) is 0. The van der Waals surface area contributed by atoms with Crippen LogP contribution in [-0.4, -0.2) is 19.7 Å². The van der Waals surface area contributed by atoms with Crippen molar-refractivity contribution in [2.75, 3.05) is 19.7 Å². The van der Waals surface area contributed by atoms with Crippen LogP contribution in [0.15, 0.2) is 24.3 Å². The fourth-order valence-corrected chi connectivity index (χ4v) is 3.64. The van der Waals surface area contributed by atoms with Crippen molar-refractivity contribution >= 4 is 0 Å². The van der Waals surface area contributed by atoms with E-state index in [1.165, 1.54) is 50.5 Å². The molecule has 0 spiro atoms. The van der Waals surface area contributed by atoms with Crippen molar-refractivity contribution < 1.29 is 4.74 Å². The zero-order valence-corrected chi connectivity index (χ0v) is 12.4. The van der Waals surface area contributed by atoms with Crippen LogP contribution in [0.1, 0.15) is 56.4 Å². The van der Waals surface area contributed by atoms with Crippen molar-refractivity contribution in [1.82, 2.24) is 5.32 Å². The van der Waals surface area contributed by atoms with Gasteiger partial charge in [0.2, 0.25) is 0 Å². The Labute approximate surface area is 122 Å². The van der Waals surface area contributed by atoms with Gasteiger partial charge < -0.3 is 10.1 Å². The van der Waals surface area contributed by atoms with E-state index in [4.69, 9.17) is 4.74 Å². The lowest BCUT2D eigenvalue weighted by atomic mass is 9.89. The lowest BCUT2D eigenvalue weighted by Gasteiger charge is -2.26. The average molecular weight is 273 g/mol. The fraction of sp³-hybridized carbons (Fsp3) is 0.667. The van der Waals surface area contributed by atoms with Gasteiger partial charge in [-0.15, -0.1) is 0 Å². The van der Waals surface area contributed by atoms with Crippen LogP contribution in [0.4, 0.5) is 0 Å². The number of ether oxygens (including phenoxy) is 1. The Morgan fingerprint density at radius 3 is 2.50 bits per heavy atom. The van der Waals surface area contributed by atoms with Crippen molar-refractivity contribution in [3.8, 4) is 5.75 Å². The number of para-hydroxylation sites is 1.